The lowest BCUT2D eigenvalue weighted by atomic mass is 10.1. The van der Waals surface area contributed by atoms with Crippen molar-refractivity contribution in [3.8, 4) is 0 Å². The van der Waals surface area contributed by atoms with Gasteiger partial charge in [0.05, 0.1) is 33.8 Å². The molecule has 3 unspecified atom stereocenters. The third-order valence-corrected chi connectivity index (χ3v) is 14.0. The maximum Gasteiger partial charge on any atom is 0.306 e. The van der Waals surface area contributed by atoms with Crippen LogP contribution >= 0.6 is 7.82 Å². The highest BCUT2D eigenvalue weighted by atomic mass is 31.2. The fourth-order valence-corrected chi connectivity index (χ4v) is 9.01. The van der Waals surface area contributed by atoms with Gasteiger partial charge in [0.15, 0.2) is 0 Å². The van der Waals surface area contributed by atoms with Crippen LogP contribution in [0, 0.1) is 0 Å². The zero-order valence-electron chi connectivity index (χ0n) is 49.2. The number of likely N-dealkylation sites (N-methyl/N-ethyl adjacent to an activating group) is 1. The Hall–Kier alpha value is -3.07. The number of nitrogens with zero attached hydrogens (tertiary/aromatic N) is 1. The summed E-state index contributed by atoms with van der Waals surface area (Å²) in [6.45, 7) is 6.68. The van der Waals surface area contributed by atoms with Crippen LogP contribution in [0.25, 0.3) is 0 Å². The molecule has 0 fully saturated rings. The molecule has 432 valence electrons. The Morgan fingerprint density at radius 3 is 1.31 bits per heavy atom. The Morgan fingerprint density at radius 1 is 0.480 bits per heavy atom. The standard InChI is InChI=1S/C65H115N2O7P/c1-7-10-13-16-19-22-25-27-29-30-31-32-33-34-35-36-38-40-43-46-49-52-55-58-65(69)74-63(56-53-50-47-44-41-24-21-18-15-12-9-3)62(61-73-75(70,71)72-60-59-67(4,5)6)66-64(68)57-54-51-48-45-42-39-37-28-26-23-20-17-14-11-8-2/h10,13,19,22-23,26-27,29,31-32,34-35,38,40,53,56,62-63H,7-9,11-12,14-18,20-21,24-25,28,30,33,36-37,39,41-52,54-55,57-61H2,1-6H3,(H-,66,68,70,71)/b13-10-,22-19-,26-23-,29-27-,32-31-,35-34-,40-38-,56-53-. The maximum atomic E-state index is 13.5. The summed E-state index contributed by atoms with van der Waals surface area (Å²) in [6, 6.07) is -0.906. The van der Waals surface area contributed by atoms with Crippen molar-refractivity contribution >= 4 is 19.7 Å². The van der Waals surface area contributed by atoms with Crippen LogP contribution in [-0.2, 0) is 27.9 Å². The fourth-order valence-electron chi connectivity index (χ4n) is 8.28. The zero-order chi connectivity index (χ0) is 55.0. The molecule has 0 aromatic rings. The number of phosphoric acid groups is 1. The van der Waals surface area contributed by atoms with E-state index in [0.29, 0.717) is 23.9 Å². The second-order valence-electron chi connectivity index (χ2n) is 21.5. The second kappa shape index (κ2) is 54.3. The van der Waals surface area contributed by atoms with Crippen LogP contribution in [0.5, 0.6) is 0 Å². The molecule has 3 atom stereocenters. The highest BCUT2D eigenvalue weighted by Gasteiger charge is 2.27. The smallest absolute Gasteiger partial charge is 0.306 e. The van der Waals surface area contributed by atoms with Gasteiger partial charge in [-0.15, -0.1) is 0 Å². The lowest BCUT2D eigenvalue weighted by molar-refractivity contribution is -0.870. The molecule has 0 bridgehead atoms. The molecule has 1 amide bonds. The number of esters is 1. The van der Waals surface area contributed by atoms with Crippen molar-refractivity contribution in [2.45, 2.75) is 264 Å². The molecule has 0 aliphatic carbocycles. The van der Waals surface area contributed by atoms with Gasteiger partial charge < -0.3 is 28.5 Å². The summed E-state index contributed by atoms with van der Waals surface area (Å²) in [7, 11) is 1.16. The number of hydrogen-bond acceptors (Lipinski definition) is 7. The molecule has 10 heteroatoms. The Labute approximate surface area is 462 Å². The van der Waals surface area contributed by atoms with Crippen molar-refractivity contribution < 1.29 is 37.3 Å². The van der Waals surface area contributed by atoms with E-state index in [1.54, 1.807) is 0 Å². The van der Waals surface area contributed by atoms with Gasteiger partial charge in [-0.05, 0) is 109 Å². The molecular weight excluding hydrogens is 952 g/mol. The predicted octanol–water partition coefficient (Wildman–Crippen LogP) is 18.1. The third kappa shape index (κ3) is 55.5. The first-order valence-corrected chi connectivity index (χ1v) is 32.0. The number of allylic oxidation sites excluding steroid dienone is 15. The lowest BCUT2D eigenvalue weighted by Crippen LogP contribution is -2.47. The van der Waals surface area contributed by atoms with E-state index >= 15 is 0 Å². The van der Waals surface area contributed by atoms with Crippen LogP contribution in [0.2, 0.25) is 0 Å². The minimum atomic E-state index is -4.71. The molecule has 0 radical (unpaired) electrons. The van der Waals surface area contributed by atoms with Crippen LogP contribution in [-0.4, -0.2) is 69.4 Å². The minimum absolute atomic E-state index is 0.0318. The predicted molar refractivity (Wildman–Crippen MR) is 321 cm³/mol. The molecule has 0 saturated carbocycles. The average molecular weight is 1070 g/mol. The Bertz CT molecular complexity index is 1610. The number of carbonyl (C=O) groups is 2. The van der Waals surface area contributed by atoms with Crippen LogP contribution in [0.3, 0.4) is 0 Å². The van der Waals surface area contributed by atoms with E-state index in [1.165, 1.54) is 96.3 Å². The molecule has 0 aromatic heterocycles. The SMILES string of the molecule is CC/C=C\C/C=C\C/C=C\C/C=C\C/C=C\C/C=C\CCCCCCC(=O)OC(/C=C\CCCCCCCCCCC)C(COP(=O)([O-])OCC[N+](C)(C)C)NC(=O)CCCCCCCCC/C=C\CCCCCC. The van der Waals surface area contributed by atoms with Crippen LogP contribution in [0.4, 0.5) is 0 Å². The summed E-state index contributed by atoms with van der Waals surface area (Å²) in [6.07, 6.45) is 72.3. The lowest BCUT2D eigenvalue weighted by Gasteiger charge is -2.30. The van der Waals surface area contributed by atoms with Gasteiger partial charge in [-0.25, -0.2) is 0 Å². The van der Waals surface area contributed by atoms with Crippen molar-refractivity contribution in [1.29, 1.82) is 0 Å². The number of rotatable bonds is 54. The largest absolute Gasteiger partial charge is 0.756 e. The molecule has 0 rings (SSSR count). The summed E-state index contributed by atoms with van der Waals surface area (Å²) in [5.74, 6) is -0.580. The van der Waals surface area contributed by atoms with Gasteiger partial charge in [-0.1, -0.05) is 227 Å². The number of amides is 1. The van der Waals surface area contributed by atoms with Gasteiger partial charge in [0.1, 0.15) is 19.3 Å². The van der Waals surface area contributed by atoms with Gasteiger partial charge >= 0.3 is 5.97 Å². The second-order valence-corrected chi connectivity index (χ2v) is 22.9. The monoisotopic (exact) mass is 1070 g/mol. The molecule has 0 spiro atoms. The van der Waals surface area contributed by atoms with Crippen molar-refractivity contribution in [3.63, 3.8) is 0 Å². The number of ether oxygens (including phenoxy) is 1. The molecule has 0 aliphatic heterocycles. The zero-order valence-corrected chi connectivity index (χ0v) is 50.1. The minimum Gasteiger partial charge on any atom is -0.756 e. The first-order valence-electron chi connectivity index (χ1n) is 30.5. The summed E-state index contributed by atoms with van der Waals surface area (Å²) in [5, 5.41) is 3.01. The summed E-state index contributed by atoms with van der Waals surface area (Å²) < 4.78 is 30.2. The normalized spacial score (nSPS) is 14.4. The van der Waals surface area contributed by atoms with Crippen molar-refractivity contribution in [2.24, 2.45) is 0 Å². The Morgan fingerprint density at radius 2 is 0.853 bits per heavy atom. The van der Waals surface area contributed by atoms with E-state index in [4.69, 9.17) is 13.8 Å². The van der Waals surface area contributed by atoms with E-state index in [2.05, 4.69) is 111 Å². The van der Waals surface area contributed by atoms with Gasteiger partial charge in [-0.2, -0.15) is 0 Å². The highest BCUT2D eigenvalue weighted by Crippen LogP contribution is 2.38. The molecule has 0 aliphatic rings. The average Bonchev–Trinajstić information content (AvgIpc) is 3.37. The van der Waals surface area contributed by atoms with E-state index in [9.17, 15) is 19.0 Å². The topological polar surface area (TPSA) is 114 Å². The molecule has 1 N–H and O–H groups in total. The van der Waals surface area contributed by atoms with Crippen LogP contribution in [0.15, 0.2) is 97.2 Å². The van der Waals surface area contributed by atoms with E-state index in [-0.39, 0.29) is 24.9 Å². The molecule has 0 aromatic carbocycles. The first kappa shape index (κ1) is 71.9. The van der Waals surface area contributed by atoms with Crippen LogP contribution < -0.4 is 10.2 Å². The number of unbranched alkanes of at least 4 members (excludes halogenated alkanes) is 24. The number of quaternary nitrogens is 1. The van der Waals surface area contributed by atoms with Crippen molar-refractivity contribution in [3.05, 3.63) is 97.2 Å². The van der Waals surface area contributed by atoms with E-state index < -0.39 is 26.6 Å². The first-order chi connectivity index (χ1) is 36.4. The number of phosphoric ester groups is 1. The summed E-state index contributed by atoms with van der Waals surface area (Å²) in [5.41, 5.74) is 0. The molecule has 0 saturated heterocycles. The Kier molecular flexibility index (Phi) is 52.1. The summed E-state index contributed by atoms with van der Waals surface area (Å²) >= 11 is 0. The van der Waals surface area contributed by atoms with Crippen LogP contribution in [0.1, 0.15) is 252 Å². The van der Waals surface area contributed by atoms with Gasteiger partial charge in [-0.3, -0.25) is 14.2 Å². The third-order valence-electron chi connectivity index (χ3n) is 13.0. The number of nitrogens with one attached hydrogen (secondary N) is 1. The Balaban J connectivity index is 5.28. The van der Waals surface area contributed by atoms with E-state index in [1.807, 2.05) is 33.3 Å². The summed E-state index contributed by atoms with van der Waals surface area (Å²) in [4.78, 5) is 39.9. The van der Waals surface area contributed by atoms with Gasteiger partial charge in [0.25, 0.3) is 7.82 Å². The van der Waals surface area contributed by atoms with E-state index in [0.717, 1.165) is 116 Å². The number of hydrogen-bond donors (Lipinski definition) is 1. The maximum absolute atomic E-state index is 13.5. The van der Waals surface area contributed by atoms with Gasteiger partial charge in [0, 0.05) is 12.8 Å². The highest BCUT2D eigenvalue weighted by molar-refractivity contribution is 7.45. The molecule has 75 heavy (non-hydrogen) atoms. The quantitative estimate of drug-likeness (QED) is 0.0212. The molecule has 9 nitrogen and oxygen atoms in total. The van der Waals surface area contributed by atoms with Crippen molar-refractivity contribution in [2.75, 3.05) is 40.9 Å². The molecular formula is C65H115N2O7P. The fraction of sp³-hybridized carbons (Fsp3) is 0.723. The van der Waals surface area contributed by atoms with Gasteiger partial charge in [0.2, 0.25) is 5.91 Å². The number of carbonyl (C=O) groups excluding carboxylic acids is 2. The van der Waals surface area contributed by atoms with Crippen molar-refractivity contribution in [1.82, 2.24) is 5.32 Å². The molecule has 0 heterocycles.